The third kappa shape index (κ3) is 3.26. The van der Waals surface area contributed by atoms with E-state index in [2.05, 4.69) is 20.0 Å². The number of aromatic nitrogens is 3. The summed E-state index contributed by atoms with van der Waals surface area (Å²) in [6.45, 7) is 6.13. The molecule has 2 aromatic rings. The predicted octanol–water partition coefficient (Wildman–Crippen LogP) is 1.74. The minimum Gasteiger partial charge on any atom is -0.496 e. The molecule has 1 aliphatic rings. The van der Waals surface area contributed by atoms with Gasteiger partial charge in [0, 0.05) is 37.6 Å². The highest BCUT2D eigenvalue weighted by Crippen LogP contribution is 2.26. The van der Waals surface area contributed by atoms with E-state index in [4.69, 9.17) is 14.0 Å². The first-order chi connectivity index (χ1) is 10.7. The third-order valence-electron chi connectivity index (χ3n) is 3.63. The second-order valence-electron chi connectivity index (χ2n) is 5.50. The molecule has 0 amide bonds. The van der Waals surface area contributed by atoms with Crippen LogP contribution in [0.15, 0.2) is 23.0 Å². The molecule has 0 aromatic carbocycles. The highest BCUT2D eigenvalue weighted by Gasteiger charge is 2.30. The van der Waals surface area contributed by atoms with Crippen LogP contribution in [0, 0.1) is 6.92 Å². The van der Waals surface area contributed by atoms with E-state index in [0.29, 0.717) is 18.3 Å². The Bertz CT molecular complexity index is 631. The fourth-order valence-corrected chi connectivity index (χ4v) is 2.72. The van der Waals surface area contributed by atoms with Gasteiger partial charge in [-0.25, -0.2) is 0 Å². The van der Waals surface area contributed by atoms with E-state index in [1.807, 2.05) is 19.2 Å². The van der Waals surface area contributed by atoms with E-state index in [-0.39, 0.29) is 12.2 Å². The van der Waals surface area contributed by atoms with Crippen LogP contribution in [0.5, 0.6) is 5.75 Å². The Morgan fingerprint density at radius 2 is 2.27 bits per heavy atom. The average molecular weight is 304 g/mol. The molecular formula is C15H20N4O3. The Kier molecular flexibility index (Phi) is 4.35. The third-order valence-corrected chi connectivity index (χ3v) is 3.63. The van der Waals surface area contributed by atoms with Crippen LogP contribution in [0.3, 0.4) is 0 Å². The maximum atomic E-state index is 5.93. The van der Waals surface area contributed by atoms with E-state index in [1.165, 1.54) is 0 Å². The zero-order chi connectivity index (χ0) is 15.5. The van der Waals surface area contributed by atoms with Crippen LogP contribution in [0.1, 0.15) is 30.3 Å². The van der Waals surface area contributed by atoms with Crippen molar-refractivity contribution in [3.8, 4) is 5.75 Å². The van der Waals surface area contributed by atoms with Gasteiger partial charge < -0.3 is 14.0 Å². The fraction of sp³-hybridized carbons (Fsp3) is 0.533. The zero-order valence-corrected chi connectivity index (χ0v) is 13.0. The molecule has 1 aliphatic heterocycles. The van der Waals surface area contributed by atoms with Gasteiger partial charge in [0.05, 0.1) is 13.2 Å². The van der Waals surface area contributed by atoms with Gasteiger partial charge in [0.2, 0.25) is 0 Å². The molecule has 2 atom stereocenters. The monoisotopic (exact) mass is 304 g/mol. The molecule has 1 fully saturated rings. The SMILES string of the molecule is COc1ccncc1CN1C[C@@H](C)O[C@@H](c2nc(C)no2)C1. The molecule has 0 spiro atoms. The molecule has 2 aromatic heterocycles. The summed E-state index contributed by atoms with van der Waals surface area (Å²) in [5.41, 5.74) is 1.06. The van der Waals surface area contributed by atoms with Crippen molar-refractivity contribution in [3.05, 3.63) is 35.7 Å². The summed E-state index contributed by atoms with van der Waals surface area (Å²) >= 11 is 0. The smallest absolute Gasteiger partial charge is 0.257 e. The lowest BCUT2D eigenvalue weighted by Gasteiger charge is -2.35. The van der Waals surface area contributed by atoms with Crippen molar-refractivity contribution < 1.29 is 14.0 Å². The van der Waals surface area contributed by atoms with Crippen molar-refractivity contribution in [1.82, 2.24) is 20.0 Å². The van der Waals surface area contributed by atoms with Crippen LogP contribution in [0.25, 0.3) is 0 Å². The number of rotatable bonds is 4. The Balaban J connectivity index is 1.73. The van der Waals surface area contributed by atoms with Crippen LogP contribution in [0.2, 0.25) is 0 Å². The van der Waals surface area contributed by atoms with E-state index < -0.39 is 0 Å². The molecule has 0 unspecified atom stereocenters. The molecule has 22 heavy (non-hydrogen) atoms. The van der Waals surface area contributed by atoms with Crippen molar-refractivity contribution in [1.29, 1.82) is 0 Å². The van der Waals surface area contributed by atoms with Gasteiger partial charge >= 0.3 is 0 Å². The van der Waals surface area contributed by atoms with Crippen LogP contribution in [-0.4, -0.2) is 46.3 Å². The Hall–Kier alpha value is -1.99. The maximum absolute atomic E-state index is 5.93. The van der Waals surface area contributed by atoms with Crippen molar-refractivity contribution in [2.45, 2.75) is 32.6 Å². The summed E-state index contributed by atoms with van der Waals surface area (Å²) in [4.78, 5) is 10.7. The molecule has 7 nitrogen and oxygen atoms in total. The summed E-state index contributed by atoms with van der Waals surface area (Å²) in [6, 6.07) is 1.87. The Labute approximate surface area is 129 Å². The van der Waals surface area contributed by atoms with Gasteiger partial charge in [0.15, 0.2) is 5.82 Å². The van der Waals surface area contributed by atoms with Gasteiger partial charge in [-0.05, 0) is 19.9 Å². The van der Waals surface area contributed by atoms with Crippen LogP contribution < -0.4 is 4.74 Å². The van der Waals surface area contributed by atoms with Crippen LogP contribution in [-0.2, 0) is 11.3 Å². The molecule has 0 N–H and O–H groups in total. The van der Waals surface area contributed by atoms with E-state index in [1.54, 1.807) is 20.2 Å². The van der Waals surface area contributed by atoms with Crippen molar-refractivity contribution in [3.63, 3.8) is 0 Å². The molecule has 0 bridgehead atoms. The fourth-order valence-electron chi connectivity index (χ4n) is 2.72. The van der Waals surface area contributed by atoms with Gasteiger partial charge in [-0.15, -0.1) is 0 Å². The average Bonchev–Trinajstić information content (AvgIpc) is 2.94. The maximum Gasteiger partial charge on any atom is 0.257 e. The molecule has 7 heteroatoms. The number of nitrogens with zero attached hydrogens (tertiary/aromatic N) is 4. The Morgan fingerprint density at radius 1 is 1.41 bits per heavy atom. The van der Waals surface area contributed by atoms with Gasteiger partial charge in [0.1, 0.15) is 11.9 Å². The lowest BCUT2D eigenvalue weighted by Crippen LogP contribution is -2.42. The zero-order valence-electron chi connectivity index (χ0n) is 13.0. The van der Waals surface area contributed by atoms with Crippen molar-refractivity contribution >= 4 is 0 Å². The Morgan fingerprint density at radius 3 is 3.00 bits per heavy atom. The number of hydrogen-bond donors (Lipinski definition) is 0. The highest BCUT2D eigenvalue weighted by atomic mass is 16.5. The summed E-state index contributed by atoms with van der Waals surface area (Å²) in [7, 11) is 1.67. The van der Waals surface area contributed by atoms with E-state index in [9.17, 15) is 0 Å². The van der Waals surface area contributed by atoms with E-state index in [0.717, 1.165) is 24.4 Å². The second kappa shape index (κ2) is 6.41. The largest absolute Gasteiger partial charge is 0.496 e. The first-order valence-corrected chi connectivity index (χ1v) is 7.30. The standard InChI is InChI=1S/C15H20N4O3/c1-10-7-19(8-12-6-16-5-4-13(12)20-3)9-14(21-10)15-17-11(2)18-22-15/h4-6,10,14H,7-9H2,1-3H3/t10-,14-/m1/s1. The lowest BCUT2D eigenvalue weighted by molar-refractivity contribution is -0.0931. The summed E-state index contributed by atoms with van der Waals surface area (Å²) in [5, 5.41) is 3.84. The molecule has 0 saturated carbocycles. The number of morpholine rings is 1. The van der Waals surface area contributed by atoms with Gasteiger partial charge in [-0.2, -0.15) is 4.98 Å². The number of pyridine rings is 1. The molecule has 0 radical (unpaired) electrons. The minimum absolute atomic E-state index is 0.0913. The number of hydrogen-bond acceptors (Lipinski definition) is 7. The lowest BCUT2D eigenvalue weighted by atomic mass is 10.1. The molecule has 1 saturated heterocycles. The number of ether oxygens (including phenoxy) is 2. The second-order valence-corrected chi connectivity index (χ2v) is 5.50. The molecule has 118 valence electrons. The molecule has 0 aliphatic carbocycles. The quantitative estimate of drug-likeness (QED) is 0.851. The highest BCUT2D eigenvalue weighted by molar-refractivity contribution is 5.29. The van der Waals surface area contributed by atoms with Crippen LogP contribution in [0.4, 0.5) is 0 Å². The summed E-state index contributed by atoms with van der Waals surface area (Å²) in [5.74, 6) is 2.00. The van der Waals surface area contributed by atoms with Crippen molar-refractivity contribution in [2.24, 2.45) is 0 Å². The number of methoxy groups -OCH3 is 1. The van der Waals surface area contributed by atoms with E-state index >= 15 is 0 Å². The summed E-state index contributed by atoms with van der Waals surface area (Å²) in [6.07, 6.45) is 3.46. The normalized spacial score (nSPS) is 22.7. The van der Waals surface area contributed by atoms with Crippen molar-refractivity contribution in [2.75, 3.05) is 20.2 Å². The van der Waals surface area contributed by atoms with Gasteiger partial charge in [-0.3, -0.25) is 9.88 Å². The minimum atomic E-state index is -0.201. The summed E-state index contributed by atoms with van der Waals surface area (Å²) < 4.78 is 16.6. The van der Waals surface area contributed by atoms with Gasteiger partial charge in [-0.1, -0.05) is 5.16 Å². The topological polar surface area (TPSA) is 73.5 Å². The first kappa shape index (κ1) is 14.9. The molecule has 3 rings (SSSR count). The first-order valence-electron chi connectivity index (χ1n) is 7.30. The molecule has 3 heterocycles. The predicted molar refractivity (Wildman–Crippen MR) is 78.4 cm³/mol. The van der Waals surface area contributed by atoms with Crippen LogP contribution >= 0.6 is 0 Å². The molecular weight excluding hydrogens is 284 g/mol. The van der Waals surface area contributed by atoms with Gasteiger partial charge in [0.25, 0.3) is 5.89 Å². The number of aryl methyl sites for hydroxylation is 1.